The normalized spacial score (nSPS) is 18.9. The predicted octanol–water partition coefficient (Wildman–Crippen LogP) is 14.6. The summed E-state index contributed by atoms with van der Waals surface area (Å²) in [5.74, 6) is 0. The lowest BCUT2D eigenvalue weighted by atomic mass is 9.85. The summed E-state index contributed by atoms with van der Waals surface area (Å²) in [7, 11) is 22.4. The van der Waals surface area contributed by atoms with Crippen LogP contribution in [0.2, 0.25) is 0 Å². The molecule has 0 amide bonds. The maximum Gasteiger partial charge on any atom is 0.0566 e. The van der Waals surface area contributed by atoms with E-state index in [1.54, 1.807) is 92.4 Å². The maximum atomic E-state index is 10.3. The summed E-state index contributed by atoms with van der Waals surface area (Å²) in [5, 5.41) is 10.3. The first-order chi connectivity index (χ1) is 58.7. The van der Waals surface area contributed by atoms with Gasteiger partial charge in [-0.25, -0.2) is 0 Å². The number of rotatable bonds is 93. The predicted molar refractivity (Wildman–Crippen MR) is 482 cm³/mol. The Bertz CT molecular complexity index is 2360. The van der Waals surface area contributed by atoms with Crippen LogP contribution in [0, 0.1) is 70.4 Å². The Morgan fingerprint density at radius 1 is 0.139 bits per heavy atom. The molecule has 27 nitrogen and oxygen atoms in total. The zero-order chi connectivity index (χ0) is 91.8. The van der Waals surface area contributed by atoms with Crippen molar-refractivity contribution in [3.8, 4) is 0 Å². The molecule has 13 unspecified atom stereocenters. The standard InChI is InChI=1S/C95H192O27/c1-28-42-43-110-59-84(30-3,46-98-16)60-112-63-86(32-5,48-100-18)64-114-67-88(34-7,50-102-20)68-116-71-90(36-9,52-104-22)72-118-75-92(38-11,54-106-24)76-120-79-94(40-13,56-108-26)80-122-82-95(41-14,57-109-27)81-121-78-93(39-12,55-107-25)77-119-74-91(37-10,53-105-23)73-117-70-89(35-8,51-103-21)69-115-66-87(33-6,49-101-19)65-113-62-85(31-4,47-99-17)61-111-58-83(29-2,44-96)45-97-15/h96H,28-82H2,1-27H3. The molecule has 0 aliphatic carbocycles. The molecule has 0 aromatic heterocycles. The third-order valence-corrected chi connectivity index (χ3v) is 26.8. The molecule has 122 heavy (non-hydrogen) atoms. The van der Waals surface area contributed by atoms with Gasteiger partial charge in [-0.15, -0.1) is 0 Å². The minimum Gasteiger partial charge on any atom is -0.396 e. The monoisotopic (exact) mass is 1770 g/mol. The van der Waals surface area contributed by atoms with Crippen LogP contribution < -0.4 is 0 Å². The van der Waals surface area contributed by atoms with Crippen LogP contribution in [0.1, 0.15) is 193 Å². The molecule has 0 aliphatic rings. The molecule has 734 valence electrons. The van der Waals surface area contributed by atoms with Gasteiger partial charge in [0.05, 0.1) is 258 Å². The van der Waals surface area contributed by atoms with Crippen LogP contribution in [-0.4, -0.2) is 362 Å². The van der Waals surface area contributed by atoms with Gasteiger partial charge in [-0.3, -0.25) is 0 Å². The minimum absolute atomic E-state index is 0.0262. The van der Waals surface area contributed by atoms with Crippen molar-refractivity contribution in [2.24, 2.45) is 70.4 Å². The van der Waals surface area contributed by atoms with Gasteiger partial charge in [0, 0.05) is 169 Å². The Labute approximate surface area is 745 Å². The topological polar surface area (TPSA) is 260 Å². The van der Waals surface area contributed by atoms with Crippen molar-refractivity contribution < 1.29 is 128 Å². The lowest BCUT2D eigenvalue weighted by Crippen LogP contribution is -2.45. The first kappa shape index (κ1) is 121. The molecule has 0 rings (SSSR count). The Morgan fingerprint density at radius 2 is 0.238 bits per heavy atom. The first-order valence-electron chi connectivity index (χ1n) is 46.2. The van der Waals surface area contributed by atoms with Gasteiger partial charge in [0.15, 0.2) is 0 Å². The fourth-order valence-electron chi connectivity index (χ4n) is 15.9. The first-order valence-corrected chi connectivity index (χ1v) is 46.2. The highest BCUT2D eigenvalue weighted by Gasteiger charge is 2.44. The number of unbranched alkanes of at least 4 members (excludes halogenated alkanes) is 1. The molecule has 0 heterocycles. The lowest BCUT2D eigenvalue weighted by molar-refractivity contribution is -0.142. The third-order valence-electron chi connectivity index (χ3n) is 26.8. The van der Waals surface area contributed by atoms with Gasteiger partial charge < -0.3 is 128 Å². The van der Waals surface area contributed by atoms with Crippen molar-refractivity contribution in [1.82, 2.24) is 0 Å². The van der Waals surface area contributed by atoms with Gasteiger partial charge in [-0.2, -0.15) is 0 Å². The van der Waals surface area contributed by atoms with Crippen molar-refractivity contribution in [3.63, 3.8) is 0 Å². The van der Waals surface area contributed by atoms with Crippen molar-refractivity contribution in [1.29, 1.82) is 0 Å². The fourth-order valence-corrected chi connectivity index (χ4v) is 15.9. The van der Waals surface area contributed by atoms with Crippen LogP contribution in [0.4, 0.5) is 0 Å². The second-order valence-corrected chi connectivity index (χ2v) is 37.2. The quantitative estimate of drug-likeness (QED) is 0.0555. The number of aliphatic hydroxyl groups excluding tert-OH is 1. The van der Waals surface area contributed by atoms with Crippen molar-refractivity contribution >= 4 is 0 Å². The molecule has 0 aliphatic heterocycles. The van der Waals surface area contributed by atoms with Crippen LogP contribution >= 0.6 is 0 Å². The molecule has 0 saturated carbocycles. The summed E-state index contributed by atoms with van der Waals surface area (Å²) in [6.07, 6.45) is 12.1. The van der Waals surface area contributed by atoms with E-state index in [1.165, 1.54) is 0 Å². The summed E-state index contributed by atoms with van der Waals surface area (Å²) < 4.78 is 163. The molecule has 0 fully saturated rings. The number of hydrogen-bond donors (Lipinski definition) is 1. The van der Waals surface area contributed by atoms with Crippen molar-refractivity contribution in [3.05, 3.63) is 0 Å². The number of hydrogen-bond acceptors (Lipinski definition) is 27. The highest BCUT2D eigenvalue weighted by Crippen LogP contribution is 2.39. The fraction of sp³-hybridized carbons (Fsp3) is 1.00. The highest BCUT2D eigenvalue weighted by molar-refractivity contribution is 4.91. The number of ether oxygens (including phenoxy) is 26. The van der Waals surface area contributed by atoms with Gasteiger partial charge in [0.2, 0.25) is 0 Å². The molecule has 0 saturated heterocycles. The largest absolute Gasteiger partial charge is 0.396 e. The van der Waals surface area contributed by atoms with Crippen molar-refractivity contribution in [2.45, 2.75) is 193 Å². The van der Waals surface area contributed by atoms with Crippen LogP contribution in [-0.2, 0) is 123 Å². The number of methoxy groups -OCH3 is 13. The van der Waals surface area contributed by atoms with E-state index in [-0.39, 0.29) is 17.4 Å². The Morgan fingerprint density at radius 3 is 0.328 bits per heavy atom. The van der Waals surface area contributed by atoms with E-state index in [1.807, 2.05) is 6.92 Å². The molecular weight excluding hydrogens is 1570 g/mol. The van der Waals surface area contributed by atoms with Crippen LogP contribution in [0.25, 0.3) is 0 Å². The summed E-state index contributed by atoms with van der Waals surface area (Å²) >= 11 is 0. The zero-order valence-corrected chi connectivity index (χ0v) is 83.5. The molecule has 0 aromatic rings. The summed E-state index contributed by atoms with van der Waals surface area (Å²) in [4.78, 5) is 0. The SMILES string of the molecule is CCCCOCC(CC)(COC)COCC(CC)(COC)COCC(CC)(COC)COCC(CC)(COC)COCC(CC)(COC)COCC(CC)(COC)COCC(CC)(COC)COCC(CC)(COC)COCC(CC)(COC)COCC(CC)(COC)COCC(CC)(COC)COCC(CC)(COC)COCC(CC)(CO)COC. The van der Waals surface area contributed by atoms with Crippen molar-refractivity contribution in [2.75, 3.05) is 357 Å². The Hall–Kier alpha value is -1.08. The average Bonchev–Trinajstić information content (AvgIpc) is 0.583. The Kier molecular flexibility index (Phi) is 67.4. The highest BCUT2D eigenvalue weighted by atomic mass is 16.6. The van der Waals surface area contributed by atoms with Crippen LogP contribution in [0.5, 0.6) is 0 Å². The molecule has 1 N–H and O–H groups in total. The number of aliphatic hydroxyl groups is 1. The average molecular weight is 1770 g/mol. The van der Waals surface area contributed by atoms with E-state index in [0.717, 1.165) is 103 Å². The Balaban J connectivity index is 6.35. The lowest BCUT2D eigenvalue weighted by Gasteiger charge is -2.39. The molecule has 0 bridgehead atoms. The maximum absolute atomic E-state index is 10.3. The molecular formula is C95H192O27. The summed E-state index contributed by atoms with van der Waals surface area (Å²) in [6.45, 7) is 47.2. The van der Waals surface area contributed by atoms with Gasteiger partial charge in [-0.05, 0) is 89.9 Å². The van der Waals surface area contributed by atoms with E-state index in [2.05, 4.69) is 90.0 Å². The van der Waals surface area contributed by atoms with Gasteiger partial charge in [0.25, 0.3) is 0 Å². The zero-order valence-electron chi connectivity index (χ0n) is 83.5. The summed E-state index contributed by atoms with van der Waals surface area (Å²) in [6, 6.07) is 0. The van der Waals surface area contributed by atoms with E-state index in [0.29, 0.717) is 251 Å². The van der Waals surface area contributed by atoms with E-state index in [9.17, 15) is 5.11 Å². The van der Waals surface area contributed by atoms with Crippen LogP contribution in [0.15, 0.2) is 0 Å². The van der Waals surface area contributed by atoms with Gasteiger partial charge >= 0.3 is 0 Å². The second-order valence-electron chi connectivity index (χ2n) is 37.2. The third kappa shape index (κ3) is 43.1. The van der Waals surface area contributed by atoms with Gasteiger partial charge in [0.1, 0.15) is 0 Å². The van der Waals surface area contributed by atoms with E-state index in [4.69, 9.17) is 123 Å². The molecule has 13 atom stereocenters. The second kappa shape index (κ2) is 68.0. The minimum atomic E-state index is -0.476. The molecule has 27 heteroatoms. The van der Waals surface area contributed by atoms with E-state index >= 15 is 0 Å². The molecule has 0 aromatic carbocycles. The smallest absolute Gasteiger partial charge is 0.0566 e. The molecule has 0 spiro atoms. The van der Waals surface area contributed by atoms with E-state index < -0.39 is 59.6 Å². The van der Waals surface area contributed by atoms with Gasteiger partial charge in [-0.1, -0.05) is 103 Å². The van der Waals surface area contributed by atoms with Crippen LogP contribution in [0.3, 0.4) is 0 Å². The molecule has 0 radical (unpaired) electrons. The summed E-state index contributed by atoms with van der Waals surface area (Å²) in [5.41, 5.74) is -5.53.